The van der Waals surface area contributed by atoms with Gasteiger partial charge in [0.25, 0.3) is 0 Å². The number of carboxylic acid groups (broad SMARTS) is 1. The zero-order valence-corrected chi connectivity index (χ0v) is 11.4. The maximum Gasteiger partial charge on any atom is 0.307 e. The van der Waals surface area contributed by atoms with Crippen LogP contribution in [0.3, 0.4) is 0 Å². The third-order valence-electron chi connectivity index (χ3n) is 4.56. The molecular formula is C18H18O2. The van der Waals surface area contributed by atoms with Crippen molar-refractivity contribution >= 4 is 5.97 Å². The standard InChI is InChI=1S/C18H18O2/c1-12-15(13-8-4-2-5-9-13)17(18(19)20)16(12)14-10-6-3-7-11-14/h2-12,15-17H,1H3,(H,19,20)/t12?,15-,16+,17?. The summed E-state index contributed by atoms with van der Waals surface area (Å²) in [6.07, 6.45) is 0. The summed E-state index contributed by atoms with van der Waals surface area (Å²) in [6, 6.07) is 20.0. The molecular weight excluding hydrogens is 248 g/mol. The van der Waals surface area contributed by atoms with Gasteiger partial charge in [-0.15, -0.1) is 0 Å². The largest absolute Gasteiger partial charge is 0.481 e. The lowest BCUT2D eigenvalue weighted by molar-refractivity contribution is -0.149. The highest BCUT2D eigenvalue weighted by molar-refractivity contribution is 5.75. The van der Waals surface area contributed by atoms with Gasteiger partial charge in [0.15, 0.2) is 0 Å². The number of aliphatic carboxylic acids is 1. The number of carboxylic acids is 1. The van der Waals surface area contributed by atoms with Crippen LogP contribution in [0, 0.1) is 11.8 Å². The number of benzene rings is 2. The summed E-state index contributed by atoms with van der Waals surface area (Å²) >= 11 is 0. The molecule has 2 aromatic carbocycles. The number of hydrogen-bond donors (Lipinski definition) is 1. The predicted octanol–water partition coefficient (Wildman–Crippen LogP) is 3.90. The van der Waals surface area contributed by atoms with Crippen LogP contribution in [0.2, 0.25) is 0 Å². The molecule has 0 spiro atoms. The van der Waals surface area contributed by atoms with Crippen molar-refractivity contribution in [2.45, 2.75) is 18.8 Å². The van der Waals surface area contributed by atoms with Crippen molar-refractivity contribution in [2.24, 2.45) is 11.8 Å². The Morgan fingerprint density at radius 3 is 1.60 bits per heavy atom. The molecule has 2 unspecified atom stereocenters. The molecule has 0 amide bonds. The number of rotatable bonds is 3. The molecule has 2 aromatic rings. The fraction of sp³-hybridized carbons (Fsp3) is 0.278. The van der Waals surface area contributed by atoms with E-state index in [-0.39, 0.29) is 17.8 Å². The zero-order valence-electron chi connectivity index (χ0n) is 11.4. The highest BCUT2D eigenvalue weighted by Crippen LogP contribution is 2.57. The summed E-state index contributed by atoms with van der Waals surface area (Å²) in [4.78, 5) is 11.7. The van der Waals surface area contributed by atoms with E-state index in [0.29, 0.717) is 5.92 Å². The Morgan fingerprint density at radius 1 is 0.850 bits per heavy atom. The van der Waals surface area contributed by atoms with E-state index in [9.17, 15) is 9.90 Å². The minimum Gasteiger partial charge on any atom is -0.481 e. The Labute approximate surface area is 119 Å². The first-order chi connectivity index (χ1) is 9.70. The molecule has 1 N–H and O–H groups in total. The first kappa shape index (κ1) is 12.9. The Morgan fingerprint density at radius 2 is 1.25 bits per heavy atom. The first-order valence-electron chi connectivity index (χ1n) is 7.03. The van der Waals surface area contributed by atoms with Crippen LogP contribution in [-0.2, 0) is 4.79 Å². The lowest BCUT2D eigenvalue weighted by atomic mass is 9.53. The molecule has 1 aliphatic rings. The number of carbonyl (C=O) groups is 1. The van der Waals surface area contributed by atoms with Gasteiger partial charge in [-0.25, -0.2) is 0 Å². The van der Waals surface area contributed by atoms with Crippen LogP contribution in [0.4, 0.5) is 0 Å². The summed E-state index contributed by atoms with van der Waals surface area (Å²) in [6.45, 7) is 2.16. The van der Waals surface area contributed by atoms with Crippen LogP contribution in [0.5, 0.6) is 0 Å². The van der Waals surface area contributed by atoms with Gasteiger partial charge >= 0.3 is 5.97 Å². The van der Waals surface area contributed by atoms with Crippen molar-refractivity contribution in [3.8, 4) is 0 Å². The van der Waals surface area contributed by atoms with E-state index >= 15 is 0 Å². The molecule has 0 radical (unpaired) electrons. The van der Waals surface area contributed by atoms with Gasteiger partial charge in [0.2, 0.25) is 0 Å². The van der Waals surface area contributed by atoms with Crippen LogP contribution in [-0.4, -0.2) is 11.1 Å². The third-order valence-corrected chi connectivity index (χ3v) is 4.56. The summed E-state index contributed by atoms with van der Waals surface area (Å²) in [5.41, 5.74) is 2.28. The first-order valence-corrected chi connectivity index (χ1v) is 7.03. The quantitative estimate of drug-likeness (QED) is 0.914. The Hall–Kier alpha value is -2.09. The van der Waals surface area contributed by atoms with Crippen molar-refractivity contribution < 1.29 is 9.90 Å². The van der Waals surface area contributed by atoms with Crippen molar-refractivity contribution in [1.82, 2.24) is 0 Å². The molecule has 1 saturated carbocycles. The molecule has 102 valence electrons. The predicted molar refractivity (Wildman–Crippen MR) is 78.7 cm³/mol. The lowest BCUT2D eigenvalue weighted by Gasteiger charge is -2.49. The Bertz CT molecular complexity index is 544. The second-order valence-corrected chi connectivity index (χ2v) is 5.60. The Kier molecular flexibility index (Phi) is 3.31. The van der Waals surface area contributed by atoms with Crippen molar-refractivity contribution in [3.63, 3.8) is 0 Å². The summed E-state index contributed by atoms with van der Waals surface area (Å²) in [7, 11) is 0. The van der Waals surface area contributed by atoms with Crippen LogP contribution >= 0.6 is 0 Å². The van der Waals surface area contributed by atoms with Crippen molar-refractivity contribution in [1.29, 1.82) is 0 Å². The van der Waals surface area contributed by atoms with E-state index in [1.165, 1.54) is 0 Å². The monoisotopic (exact) mass is 266 g/mol. The molecule has 0 heterocycles. The minimum absolute atomic E-state index is 0.110. The van der Waals surface area contributed by atoms with E-state index < -0.39 is 5.97 Å². The van der Waals surface area contributed by atoms with Gasteiger partial charge in [-0.3, -0.25) is 4.79 Å². The highest BCUT2D eigenvalue weighted by atomic mass is 16.4. The normalized spacial score (nSPS) is 28.6. The third kappa shape index (κ3) is 2.01. The molecule has 1 aliphatic carbocycles. The smallest absolute Gasteiger partial charge is 0.307 e. The summed E-state index contributed by atoms with van der Waals surface area (Å²) in [5.74, 6) is -0.445. The molecule has 0 aliphatic heterocycles. The topological polar surface area (TPSA) is 37.3 Å². The van der Waals surface area contributed by atoms with E-state index in [2.05, 4.69) is 6.92 Å². The maximum absolute atomic E-state index is 11.7. The second kappa shape index (κ2) is 5.12. The number of hydrogen-bond acceptors (Lipinski definition) is 1. The van der Waals surface area contributed by atoms with Gasteiger partial charge in [0, 0.05) is 11.8 Å². The molecule has 2 heteroatoms. The fourth-order valence-electron chi connectivity index (χ4n) is 3.63. The van der Waals surface area contributed by atoms with Crippen LogP contribution < -0.4 is 0 Å². The SMILES string of the molecule is CC1[C@@H](c2ccccc2)C(C(=O)O)[C@H]1c1ccccc1. The van der Waals surface area contributed by atoms with E-state index in [1.807, 2.05) is 60.7 Å². The molecule has 3 rings (SSSR count). The van der Waals surface area contributed by atoms with Gasteiger partial charge in [-0.05, 0) is 17.0 Å². The molecule has 4 atom stereocenters. The average Bonchev–Trinajstić information content (AvgIpc) is 2.46. The molecule has 0 aromatic heterocycles. The molecule has 0 bridgehead atoms. The molecule has 2 nitrogen and oxygen atoms in total. The van der Waals surface area contributed by atoms with Gasteiger partial charge in [-0.1, -0.05) is 67.6 Å². The van der Waals surface area contributed by atoms with Crippen LogP contribution in [0.1, 0.15) is 29.9 Å². The maximum atomic E-state index is 11.7. The molecule has 0 saturated heterocycles. The van der Waals surface area contributed by atoms with Gasteiger partial charge in [-0.2, -0.15) is 0 Å². The van der Waals surface area contributed by atoms with E-state index in [1.54, 1.807) is 0 Å². The lowest BCUT2D eigenvalue weighted by Crippen LogP contribution is -2.46. The van der Waals surface area contributed by atoms with Gasteiger partial charge < -0.3 is 5.11 Å². The van der Waals surface area contributed by atoms with E-state index in [4.69, 9.17) is 0 Å². The fourth-order valence-corrected chi connectivity index (χ4v) is 3.63. The average molecular weight is 266 g/mol. The molecule has 20 heavy (non-hydrogen) atoms. The van der Waals surface area contributed by atoms with Gasteiger partial charge in [0.05, 0.1) is 5.92 Å². The summed E-state index contributed by atoms with van der Waals surface area (Å²) in [5, 5.41) is 9.61. The second-order valence-electron chi connectivity index (χ2n) is 5.60. The van der Waals surface area contributed by atoms with Crippen LogP contribution in [0.25, 0.3) is 0 Å². The molecule has 1 fully saturated rings. The minimum atomic E-state index is -0.689. The van der Waals surface area contributed by atoms with Crippen LogP contribution in [0.15, 0.2) is 60.7 Å². The summed E-state index contributed by atoms with van der Waals surface area (Å²) < 4.78 is 0. The van der Waals surface area contributed by atoms with Gasteiger partial charge in [0.1, 0.15) is 0 Å². The van der Waals surface area contributed by atoms with E-state index in [0.717, 1.165) is 11.1 Å². The van der Waals surface area contributed by atoms with Crippen molar-refractivity contribution in [3.05, 3.63) is 71.8 Å². The Balaban J connectivity index is 1.94. The zero-order chi connectivity index (χ0) is 14.1. The highest BCUT2D eigenvalue weighted by Gasteiger charge is 2.52. The van der Waals surface area contributed by atoms with Crippen molar-refractivity contribution in [2.75, 3.05) is 0 Å².